The average molecular weight is 230 g/mol. The molecule has 0 spiro atoms. The van der Waals surface area contributed by atoms with Crippen LogP contribution >= 0.6 is 0 Å². The van der Waals surface area contributed by atoms with Gasteiger partial charge in [0.1, 0.15) is 5.82 Å². The van der Waals surface area contributed by atoms with E-state index in [0.717, 1.165) is 16.6 Å². The maximum atomic E-state index is 9.72. The topological polar surface area (TPSA) is 45.1 Å². The molecule has 1 atom stereocenters. The van der Waals surface area contributed by atoms with E-state index >= 15 is 0 Å². The Morgan fingerprint density at radius 3 is 2.65 bits per heavy atom. The van der Waals surface area contributed by atoms with Gasteiger partial charge in [-0.1, -0.05) is 24.3 Å². The fourth-order valence-corrected chi connectivity index (χ4v) is 1.63. The van der Waals surface area contributed by atoms with E-state index in [1.807, 2.05) is 38.1 Å². The highest BCUT2D eigenvalue weighted by Crippen LogP contribution is 2.24. The molecule has 3 nitrogen and oxygen atoms in total. The quantitative estimate of drug-likeness (QED) is 0.852. The molecule has 2 aromatic rings. The first-order valence-electron chi connectivity index (χ1n) is 5.81. The van der Waals surface area contributed by atoms with Gasteiger partial charge in [-0.3, -0.25) is 0 Å². The average Bonchev–Trinajstić information content (AvgIpc) is 2.29. The van der Waals surface area contributed by atoms with Gasteiger partial charge in [-0.15, -0.1) is 0 Å². The van der Waals surface area contributed by atoms with Crippen LogP contribution in [0.15, 0.2) is 36.5 Å². The zero-order chi connectivity index (χ0) is 12.5. The van der Waals surface area contributed by atoms with Crippen molar-refractivity contribution in [3.63, 3.8) is 0 Å². The molecular weight excluding hydrogens is 212 g/mol. The number of fused-ring (bicyclic) bond motifs is 1. The number of benzene rings is 1. The second-order valence-electron chi connectivity index (χ2n) is 4.90. The van der Waals surface area contributed by atoms with Crippen LogP contribution in [0.4, 0.5) is 5.82 Å². The summed E-state index contributed by atoms with van der Waals surface area (Å²) in [6, 6.07) is 10.1. The van der Waals surface area contributed by atoms with Crippen LogP contribution < -0.4 is 5.32 Å². The van der Waals surface area contributed by atoms with Crippen molar-refractivity contribution in [2.45, 2.75) is 32.4 Å². The fraction of sp³-hybridized carbons (Fsp3) is 0.357. The number of hydrogen-bond acceptors (Lipinski definition) is 3. The maximum Gasteiger partial charge on any atom is 0.134 e. The summed E-state index contributed by atoms with van der Waals surface area (Å²) in [4.78, 5) is 4.35. The van der Waals surface area contributed by atoms with E-state index in [1.165, 1.54) is 0 Å². The molecule has 0 amide bonds. The number of nitrogens with one attached hydrogen (secondary N) is 1. The van der Waals surface area contributed by atoms with Crippen LogP contribution in [0.1, 0.15) is 20.8 Å². The smallest absolute Gasteiger partial charge is 0.134 e. The first-order valence-corrected chi connectivity index (χ1v) is 5.81. The molecule has 1 heterocycles. The Balaban J connectivity index is 2.43. The minimum Gasteiger partial charge on any atom is -0.391 e. The molecule has 0 aliphatic carbocycles. The molecule has 0 aliphatic heterocycles. The summed E-state index contributed by atoms with van der Waals surface area (Å²) in [6.45, 7) is 5.69. The first kappa shape index (κ1) is 11.9. The molecule has 1 aromatic heterocycles. The van der Waals surface area contributed by atoms with E-state index in [-0.39, 0.29) is 0 Å². The van der Waals surface area contributed by atoms with E-state index in [2.05, 4.69) is 16.4 Å². The van der Waals surface area contributed by atoms with Gasteiger partial charge in [-0.25, -0.2) is 4.98 Å². The van der Waals surface area contributed by atoms with Gasteiger partial charge in [0.2, 0.25) is 0 Å². The highest BCUT2D eigenvalue weighted by atomic mass is 16.3. The SMILES string of the molecule is CC(O)C(C)(C)Nc1nccc2ccccc12. The van der Waals surface area contributed by atoms with Crippen LogP contribution in [0, 0.1) is 0 Å². The standard InChI is InChI=1S/C14H18N2O/c1-10(17)14(2,3)16-13-12-7-5-4-6-11(12)8-9-15-13/h4-10,17H,1-3H3,(H,15,16). The molecule has 0 radical (unpaired) electrons. The third-order valence-electron chi connectivity index (χ3n) is 3.16. The zero-order valence-electron chi connectivity index (χ0n) is 10.4. The molecule has 0 bridgehead atoms. The van der Waals surface area contributed by atoms with E-state index in [9.17, 15) is 5.11 Å². The second-order valence-corrected chi connectivity index (χ2v) is 4.90. The van der Waals surface area contributed by atoms with Gasteiger partial charge in [0.05, 0.1) is 11.6 Å². The van der Waals surface area contributed by atoms with Crippen molar-refractivity contribution >= 4 is 16.6 Å². The van der Waals surface area contributed by atoms with Crippen molar-refractivity contribution in [3.05, 3.63) is 36.5 Å². The van der Waals surface area contributed by atoms with Crippen LogP contribution in [0.3, 0.4) is 0 Å². The molecule has 2 rings (SSSR count). The number of aliphatic hydroxyl groups is 1. The molecule has 3 heteroatoms. The van der Waals surface area contributed by atoms with Crippen molar-refractivity contribution in [2.24, 2.45) is 0 Å². The lowest BCUT2D eigenvalue weighted by atomic mass is 9.98. The lowest BCUT2D eigenvalue weighted by Gasteiger charge is -2.30. The lowest BCUT2D eigenvalue weighted by molar-refractivity contribution is 0.133. The highest BCUT2D eigenvalue weighted by molar-refractivity contribution is 5.91. The Hall–Kier alpha value is -1.61. The summed E-state index contributed by atoms with van der Waals surface area (Å²) in [7, 11) is 0. The minimum absolute atomic E-state index is 0.406. The predicted molar refractivity (Wildman–Crippen MR) is 71.1 cm³/mol. The number of rotatable bonds is 3. The van der Waals surface area contributed by atoms with Gasteiger partial charge in [0.15, 0.2) is 0 Å². The fourth-order valence-electron chi connectivity index (χ4n) is 1.63. The van der Waals surface area contributed by atoms with Crippen LogP contribution in [0.2, 0.25) is 0 Å². The first-order chi connectivity index (χ1) is 8.00. The van der Waals surface area contributed by atoms with Gasteiger partial charge in [0.25, 0.3) is 0 Å². The number of anilines is 1. The lowest BCUT2D eigenvalue weighted by Crippen LogP contribution is -2.42. The number of aliphatic hydroxyl groups excluding tert-OH is 1. The summed E-state index contributed by atoms with van der Waals surface area (Å²) in [6.07, 6.45) is 1.33. The summed E-state index contributed by atoms with van der Waals surface area (Å²) >= 11 is 0. The van der Waals surface area contributed by atoms with Crippen molar-refractivity contribution in [2.75, 3.05) is 5.32 Å². The monoisotopic (exact) mass is 230 g/mol. The van der Waals surface area contributed by atoms with Gasteiger partial charge >= 0.3 is 0 Å². The Morgan fingerprint density at radius 2 is 1.94 bits per heavy atom. The molecule has 2 N–H and O–H groups in total. The summed E-state index contributed by atoms with van der Waals surface area (Å²) in [5, 5.41) is 15.2. The highest BCUT2D eigenvalue weighted by Gasteiger charge is 2.24. The molecule has 0 aliphatic rings. The molecule has 0 fully saturated rings. The van der Waals surface area contributed by atoms with Gasteiger partial charge < -0.3 is 10.4 Å². The van der Waals surface area contributed by atoms with Crippen molar-refractivity contribution in [3.8, 4) is 0 Å². The van der Waals surface area contributed by atoms with Crippen LogP contribution in [-0.4, -0.2) is 21.7 Å². The Labute approximate surface area is 102 Å². The van der Waals surface area contributed by atoms with Crippen molar-refractivity contribution in [1.29, 1.82) is 0 Å². The summed E-state index contributed by atoms with van der Waals surface area (Å²) < 4.78 is 0. The van der Waals surface area contributed by atoms with Gasteiger partial charge in [-0.2, -0.15) is 0 Å². The molecular formula is C14H18N2O. The number of aromatic nitrogens is 1. The Kier molecular flexibility index (Phi) is 3.03. The van der Waals surface area contributed by atoms with Crippen molar-refractivity contribution < 1.29 is 5.11 Å². The molecule has 17 heavy (non-hydrogen) atoms. The number of pyridine rings is 1. The van der Waals surface area contributed by atoms with E-state index in [4.69, 9.17) is 0 Å². The van der Waals surface area contributed by atoms with Gasteiger partial charge in [-0.05, 0) is 32.2 Å². The normalized spacial score (nSPS) is 13.6. The van der Waals surface area contributed by atoms with Crippen LogP contribution in [-0.2, 0) is 0 Å². The second kappa shape index (κ2) is 4.34. The summed E-state index contributed by atoms with van der Waals surface area (Å²) in [5.74, 6) is 0.814. The Morgan fingerprint density at radius 1 is 1.24 bits per heavy atom. The zero-order valence-corrected chi connectivity index (χ0v) is 10.4. The molecule has 1 aromatic carbocycles. The molecule has 0 saturated carbocycles. The van der Waals surface area contributed by atoms with E-state index in [0.29, 0.717) is 0 Å². The number of nitrogens with zero attached hydrogens (tertiary/aromatic N) is 1. The Bertz CT molecular complexity index is 515. The van der Waals surface area contributed by atoms with Crippen LogP contribution in [0.5, 0.6) is 0 Å². The summed E-state index contributed by atoms with van der Waals surface area (Å²) in [5.41, 5.74) is -0.406. The minimum atomic E-state index is -0.455. The molecule has 0 saturated heterocycles. The maximum absolute atomic E-state index is 9.72. The van der Waals surface area contributed by atoms with E-state index in [1.54, 1.807) is 13.1 Å². The predicted octanol–water partition coefficient (Wildman–Crippen LogP) is 2.81. The van der Waals surface area contributed by atoms with Gasteiger partial charge in [0, 0.05) is 11.6 Å². The van der Waals surface area contributed by atoms with E-state index < -0.39 is 11.6 Å². The molecule has 1 unspecified atom stereocenters. The largest absolute Gasteiger partial charge is 0.391 e. The third-order valence-corrected chi connectivity index (χ3v) is 3.16. The van der Waals surface area contributed by atoms with Crippen LogP contribution in [0.25, 0.3) is 10.8 Å². The third kappa shape index (κ3) is 2.39. The number of hydrogen-bond donors (Lipinski definition) is 2. The molecule has 90 valence electrons. The van der Waals surface area contributed by atoms with Crippen molar-refractivity contribution in [1.82, 2.24) is 4.98 Å².